The highest BCUT2D eigenvalue weighted by Crippen LogP contribution is 2.74. The van der Waals surface area contributed by atoms with Gasteiger partial charge in [0.05, 0.1) is 24.5 Å². The fraction of sp³-hybridized carbons (Fsp3) is 0.591. The zero-order valence-electron chi connectivity index (χ0n) is 16.6. The fourth-order valence-electron chi connectivity index (χ4n) is 7.34. The normalized spacial score (nSPS) is 43.5. The summed E-state index contributed by atoms with van der Waals surface area (Å²) in [5.41, 5.74) is 2.73. The fourth-order valence-corrected chi connectivity index (χ4v) is 7.34. The first kappa shape index (κ1) is 17.0. The number of piperidine rings is 2. The molecule has 4 aliphatic heterocycles. The second-order valence-corrected chi connectivity index (χ2v) is 8.70. The number of ether oxygens (including phenoxy) is 3. The Kier molecular flexibility index (Phi) is 3.27. The summed E-state index contributed by atoms with van der Waals surface area (Å²) in [5, 5.41) is 0. The van der Waals surface area contributed by atoms with Gasteiger partial charge >= 0.3 is 5.97 Å². The minimum Gasteiger partial charge on any atom is -0.469 e. The topological polar surface area (TPSA) is 51.2 Å². The molecule has 5 aliphatic rings. The number of para-hydroxylation sites is 1. The van der Waals surface area contributed by atoms with Crippen LogP contribution in [0.1, 0.15) is 25.3 Å². The van der Waals surface area contributed by atoms with Gasteiger partial charge in [0.25, 0.3) is 0 Å². The van der Waals surface area contributed by atoms with Crippen LogP contribution in [-0.4, -0.2) is 56.4 Å². The van der Waals surface area contributed by atoms with Crippen LogP contribution in [-0.2, 0) is 24.4 Å². The van der Waals surface area contributed by atoms with Crippen LogP contribution in [0.5, 0.6) is 0 Å². The van der Waals surface area contributed by atoms with Crippen LogP contribution in [0.4, 0.5) is 5.69 Å². The molecular weight excluding hydrogens is 356 g/mol. The highest BCUT2D eigenvalue weighted by molar-refractivity contribution is 5.82. The molecule has 1 spiro atoms. The quantitative estimate of drug-likeness (QED) is 0.590. The summed E-state index contributed by atoms with van der Waals surface area (Å²) in [6.45, 7) is 3.41. The maximum Gasteiger partial charge on any atom is 0.310 e. The molecule has 4 heterocycles. The van der Waals surface area contributed by atoms with E-state index in [1.54, 1.807) is 7.11 Å². The van der Waals surface area contributed by atoms with Crippen molar-refractivity contribution >= 4 is 11.7 Å². The van der Waals surface area contributed by atoms with Crippen molar-refractivity contribution in [3.63, 3.8) is 0 Å². The number of esters is 1. The first-order chi connectivity index (χ1) is 13.6. The molecule has 0 N–H and O–H groups in total. The number of methoxy groups -OCH3 is 2. The highest BCUT2D eigenvalue weighted by atomic mass is 16.6. The molecule has 1 aromatic carbocycles. The Morgan fingerprint density at radius 1 is 1.36 bits per heavy atom. The van der Waals surface area contributed by atoms with E-state index < -0.39 is 11.1 Å². The minimum atomic E-state index is -0.564. The lowest BCUT2D eigenvalue weighted by atomic mass is 9.49. The molecule has 6 heteroatoms. The van der Waals surface area contributed by atoms with Crippen LogP contribution in [0.25, 0.3) is 0 Å². The van der Waals surface area contributed by atoms with Gasteiger partial charge in [0.2, 0.25) is 0 Å². The molecule has 0 radical (unpaired) electrons. The second-order valence-electron chi connectivity index (χ2n) is 8.70. The van der Waals surface area contributed by atoms with E-state index >= 15 is 0 Å². The maximum absolute atomic E-state index is 13.3. The van der Waals surface area contributed by atoms with E-state index in [9.17, 15) is 4.79 Å². The summed E-state index contributed by atoms with van der Waals surface area (Å²) in [6, 6.07) is 8.73. The maximum atomic E-state index is 13.3. The van der Waals surface area contributed by atoms with Crippen molar-refractivity contribution in [1.29, 1.82) is 0 Å². The van der Waals surface area contributed by atoms with Gasteiger partial charge in [0.15, 0.2) is 5.72 Å². The number of nitrogens with zero attached hydrogens (tertiary/aromatic N) is 2. The van der Waals surface area contributed by atoms with Gasteiger partial charge in [-0.3, -0.25) is 9.69 Å². The molecule has 6 rings (SSSR count). The Morgan fingerprint density at radius 2 is 2.18 bits per heavy atom. The van der Waals surface area contributed by atoms with Gasteiger partial charge < -0.3 is 19.1 Å². The van der Waals surface area contributed by atoms with E-state index in [1.165, 1.54) is 18.2 Å². The number of rotatable bonds is 3. The Morgan fingerprint density at radius 3 is 2.93 bits per heavy atom. The first-order valence-electron chi connectivity index (χ1n) is 10.2. The van der Waals surface area contributed by atoms with Crippen LogP contribution in [0.3, 0.4) is 0 Å². The minimum absolute atomic E-state index is 0.0288. The van der Waals surface area contributed by atoms with Crippen LogP contribution in [0.15, 0.2) is 35.9 Å². The summed E-state index contributed by atoms with van der Waals surface area (Å²) in [6.07, 6.45) is 3.98. The van der Waals surface area contributed by atoms with E-state index in [2.05, 4.69) is 47.1 Å². The molecule has 4 bridgehead atoms. The van der Waals surface area contributed by atoms with Gasteiger partial charge in [-0.25, -0.2) is 0 Å². The molecular formula is C22H26N2O4. The predicted molar refractivity (Wildman–Crippen MR) is 103 cm³/mol. The Bertz CT molecular complexity index is 900. The van der Waals surface area contributed by atoms with Gasteiger partial charge in [-0.15, -0.1) is 0 Å². The Hall–Kier alpha value is -1.89. The molecule has 3 saturated heterocycles. The van der Waals surface area contributed by atoms with E-state index in [0.717, 1.165) is 25.1 Å². The summed E-state index contributed by atoms with van der Waals surface area (Å²) < 4.78 is 17.9. The monoisotopic (exact) mass is 382 g/mol. The lowest BCUT2D eigenvalue weighted by molar-refractivity contribution is -0.164. The van der Waals surface area contributed by atoms with Crippen LogP contribution in [0, 0.1) is 11.8 Å². The number of hydrogen-bond donors (Lipinski definition) is 0. The SMILES string of the molecule is CC=C1CN2[C@@H]3C[C@@]45c6ccccc6N(COC)[C@]4(O3)[C@@H]2C[C@@H]1[C@H]5C(=O)OC. The Labute approximate surface area is 165 Å². The van der Waals surface area contributed by atoms with Gasteiger partial charge in [0.1, 0.15) is 13.0 Å². The van der Waals surface area contributed by atoms with Gasteiger partial charge in [-0.1, -0.05) is 29.8 Å². The number of allylic oxidation sites excluding steroid dienone is 1. The molecule has 1 saturated carbocycles. The number of benzene rings is 1. The molecule has 6 atom stereocenters. The van der Waals surface area contributed by atoms with Gasteiger partial charge in [0, 0.05) is 25.8 Å². The van der Waals surface area contributed by atoms with Crippen molar-refractivity contribution in [2.45, 2.75) is 43.2 Å². The summed E-state index contributed by atoms with van der Waals surface area (Å²) >= 11 is 0. The zero-order chi connectivity index (χ0) is 19.3. The number of anilines is 1. The second kappa shape index (κ2) is 5.38. The standard InChI is InChI=1S/C22H26N2O4/c1-4-13-11-23-17-9-14(13)19(20(25)27-3)21-10-18(23)28-22(17,21)24(12-26-2)16-8-6-5-7-15(16)21/h4-8,14,17-19H,9-12H2,1-3H3/t14-,17-,18-,19-,21-,22-/m0/s1. The Balaban J connectivity index is 1.67. The zero-order valence-corrected chi connectivity index (χ0v) is 16.6. The van der Waals surface area contributed by atoms with Gasteiger partial charge in [-0.2, -0.15) is 0 Å². The van der Waals surface area contributed by atoms with Crippen molar-refractivity contribution in [2.24, 2.45) is 11.8 Å². The van der Waals surface area contributed by atoms with Crippen molar-refractivity contribution in [3.05, 3.63) is 41.5 Å². The van der Waals surface area contributed by atoms with Crippen LogP contribution in [0.2, 0.25) is 0 Å². The van der Waals surface area contributed by atoms with E-state index in [0.29, 0.717) is 6.73 Å². The van der Waals surface area contributed by atoms with Crippen molar-refractivity contribution < 1.29 is 19.0 Å². The molecule has 0 amide bonds. The lowest BCUT2D eigenvalue weighted by Crippen LogP contribution is -2.75. The van der Waals surface area contributed by atoms with Crippen LogP contribution >= 0.6 is 0 Å². The smallest absolute Gasteiger partial charge is 0.310 e. The van der Waals surface area contributed by atoms with Crippen LogP contribution < -0.4 is 4.90 Å². The highest BCUT2D eigenvalue weighted by Gasteiger charge is 2.84. The molecule has 1 aromatic rings. The summed E-state index contributed by atoms with van der Waals surface area (Å²) in [5.74, 6) is -0.152. The van der Waals surface area contributed by atoms with E-state index in [1.807, 2.05) is 0 Å². The summed E-state index contributed by atoms with van der Waals surface area (Å²) in [7, 11) is 3.24. The molecule has 4 fully saturated rings. The van der Waals surface area contributed by atoms with Crippen molar-refractivity contribution in [2.75, 3.05) is 32.4 Å². The van der Waals surface area contributed by atoms with Crippen molar-refractivity contribution in [3.8, 4) is 0 Å². The number of carbonyl (C=O) groups is 1. The third-order valence-corrected chi connectivity index (χ3v) is 8.09. The molecule has 28 heavy (non-hydrogen) atoms. The summed E-state index contributed by atoms with van der Waals surface area (Å²) in [4.78, 5) is 18.1. The predicted octanol–water partition coefficient (Wildman–Crippen LogP) is 2.24. The largest absolute Gasteiger partial charge is 0.469 e. The molecule has 0 aromatic heterocycles. The van der Waals surface area contributed by atoms with E-state index in [-0.39, 0.29) is 30.1 Å². The molecule has 1 aliphatic carbocycles. The van der Waals surface area contributed by atoms with Crippen molar-refractivity contribution in [1.82, 2.24) is 4.90 Å². The molecule has 0 unspecified atom stereocenters. The van der Waals surface area contributed by atoms with Gasteiger partial charge in [-0.05, 0) is 30.9 Å². The third-order valence-electron chi connectivity index (χ3n) is 8.09. The third kappa shape index (κ3) is 1.55. The number of hydrogen-bond acceptors (Lipinski definition) is 6. The lowest BCUT2D eigenvalue weighted by Gasteiger charge is -2.61. The number of carbonyl (C=O) groups excluding carboxylic acids is 1. The molecule has 6 nitrogen and oxygen atoms in total. The average molecular weight is 382 g/mol. The first-order valence-corrected chi connectivity index (χ1v) is 10.2. The number of fused-ring (bicyclic) bond motifs is 4. The van der Waals surface area contributed by atoms with E-state index in [4.69, 9.17) is 14.2 Å². The molecule has 148 valence electrons. The average Bonchev–Trinajstić information content (AvgIpc) is 3.32.